The minimum Gasteiger partial charge on any atom is -0.465 e. The molecule has 3 aromatic rings. The zero-order chi connectivity index (χ0) is 18.5. The molecule has 0 atom stereocenters. The summed E-state index contributed by atoms with van der Waals surface area (Å²) in [7, 11) is 1.33. The van der Waals surface area contributed by atoms with E-state index in [9.17, 15) is 9.59 Å². The molecule has 0 saturated heterocycles. The number of esters is 1. The van der Waals surface area contributed by atoms with Crippen LogP contribution in [0.2, 0.25) is 0 Å². The van der Waals surface area contributed by atoms with Crippen molar-refractivity contribution in [3.63, 3.8) is 0 Å². The van der Waals surface area contributed by atoms with Gasteiger partial charge in [0, 0.05) is 10.4 Å². The maximum absolute atomic E-state index is 12.6. The van der Waals surface area contributed by atoms with Gasteiger partial charge in [-0.05, 0) is 35.7 Å². The number of carbonyl (C=O) groups excluding carboxylic acids is 2. The van der Waals surface area contributed by atoms with Crippen molar-refractivity contribution in [2.24, 2.45) is 0 Å². The number of amides is 1. The van der Waals surface area contributed by atoms with E-state index >= 15 is 0 Å². The molecule has 4 nitrogen and oxygen atoms in total. The first-order valence-corrected chi connectivity index (χ1v) is 9.12. The van der Waals surface area contributed by atoms with Gasteiger partial charge in [-0.2, -0.15) is 0 Å². The lowest BCUT2D eigenvalue weighted by Gasteiger charge is -2.07. The molecule has 1 N–H and O–H groups in total. The van der Waals surface area contributed by atoms with Crippen molar-refractivity contribution >= 4 is 28.2 Å². The molecule has 5 heteroatoms. The van der Waals surface area contributed by atoms with Crippen LogP contribution in [0.1, 0.15) is 32.5 Å². The van der Waals surface area contributed by atoms with Crippen molar-refractivity contribution in [1.29, 1.82) is 0 Å². The number of benzene rings is 2. The Bertz CT molecular complexity index is 914. The lowest BCUT2D eigenvalue weighted by Crippen LogP contribution is -2.13. The fraction of sp³-hybridized carbons (Fsp3) is 0.143. The maximum atomic E-state index is 12.6. The Labute approximate surface area is 156 Å². The number of carbonyl (C=O) groups is 2. The Kier molecular flexibility index (Phi) is 5.49. The van der Waals surface area contributed by atoms with Gasteiger partial charge in [-0.1, -0.05) is 49.4 Å². The Morgan fingerprint density at radius 1 is 1.00 bits per heavy atom. The average Bonchev–Trinajstić information content (AvgIpc) is 3.11. The lowest BCUT2D eigenvalue weighted by atomic mass is 10.0. The Hall–Kier alpha value is -2.92. The fourth-order valence-corrected chi connectivity index (χ4v) is 3.57. The molecule has 0 aliphatic rings. The van der Waals surface area contributed by atoms with Gasteiger partial charge in [0.2, 0.25) is 0 Å². The molecule has 1 aromatic heterocycles. The largest absolute Gasteiger partial charge is 0.465 e. The van der Waals surface area contributed by atoms with Crippen LogP contribution in [-0.4, -0.2) is 19.0 Å². The number of hydrogen-bond acceptors (Lipinski definition) is 4. The lowest BCUT2D eigenvalue weighted by molar-refractivity contribution is 0.0602. The standard InChI is InChI=1S/C21H19NO3S/c1-3-17-13-18(21(24)25-2)20(26-17)22-19(23)16-11-9-15(10-12-16)14-7-5-4-6-8-14/h4-13H,3H2,1-2H3,(H,22,23). The summed E-state index contributed by atoms with van der Waals surface area (Å²) in [6, 6.07) is 19.1. The molecule has 2 aromatic carbocycles. The van der Waals surface area contributed by atoms with Crippen LogP contribution >= 0.6 is 11.3 Å². The molecule has 0 unspecified atom stereocenters. The minimum absolute atomic E-state index is 0.251. The molecule has 3 rings (SSSR count). The van der Waals surface area contributed by atoms with Crippen LogP contribution in [0.5, 0.6) is 0 Å². The topological polar surface area (TPSA) is 55.4 Å². The molecule has 26 heavy (non-hydrogen) atoms. The smallest absolute Gasteiger partial charge is 0.340 e. The highest BCUT2D eigenvalue weighted by atomic mass is 32.1. The van der Waals surface area contributed by atoms with Gasteiger partial charge in [0.1, 0.15) is 5.00 Å². The van der Waals surface area contributed by atoms with Crippen molar-refractivity contribution < 1.29 is 14.3 Å². The van der Waals surface area contributed by atoms with E-state index in [4.69, 9.17) is 4.74 Å². The molecule has 0 radical (unpaired) electrons. The van der Waals surface area contributed by atoms with E-state index in [1.165, 1.54) is 18.4 Å². The second-order valence-corrected chi connectivity index (χ2v) is 6.83. The van der Waals surface area contributed by atoms with Gasteiger partial charge < -0.3 is 10.1 Å². The molecule has 0 fully saturated rings. The summed E-state index contributed by atoms with van der Waals surface area (Å²) in [5.41, 5.74) is 3.07. The number of rotatable bonds is 5. The number of thiophene rings is 1. The Morgan fingerprint density at radius 3 is 2.27 bits per heavy atom. The van der Waals surface area contributed by atoms with Gasteiger partial charge in [-0.3, -0.25) is 4.79 Å². The molecular weight excluding hydrogens is 346 g/mol. The van der Waals surface area contributed by atoms with Crippen LogP contribution in [0.25, 0.3) is 11.1 Å². The van der Waals surface area contributed by atoms with Crippen molar-refractivity contribution in [2.45, 2.75) is 13.3 Å². The second kappa shape index (κ2) is 7.97. The predicted molar refractivity (Wildman–Crippen MR) is 105 cm³/mol. The molecule has 0 spiro atoms. The predicted octanol–water partition coefficient (Wildman–Crippen LogP) is 5.02. The number of aryl methyl sites for hydroxylation is 1. The van der Waals surface area contributed by atoms with Crippen LogP contribution in [0.15, 0.2) is 60.7 Å². The van der Waals surface area contributed by atoms with E-state index in [0.29, 0.717) is 16.1 Å². The molecule has 132 valence electrons. The van der Waals surface area contributed by atoms with Crippen LogP contribution < -0.4 is 5.32 Å². The summed E-state index contributed by atoms with van der Waals surface area (Å²) in [6.07, 6.45) is 0.788. The van der Waals surface area contributed by atoms with E-state index in [2.05, 4.69) is 5.32 Å². The molecule has 1 heterocycles. The van der Waals surface area contributed by atoms with Gasteiger partial charge >= 0.3 is 5.97 Å². The van der Waals surface area contributed by atoms with Gasteiger partial charge in [0.05, 0.1) is 12.7 Å². The minimum atomic E-state index is -0.448. The highest BCUT2D eigenvalue weighted by molar-refractivity contribution is 7.16. The van der Waals surface area contributed by atoms with E-state index in [-0.39, 0.29) is 5.91 Å². The second-order valence-electron chi connectivity index (χ2n) is 5.70. The first-order chi connectivity index (χ1) is 12.6. The van der Waals surface area contributed by atoms with Gasteiger partial charge in [0.25, 0.3) is 5.91 Å². The highest BCUT2D eigenvalue weighted by Gasteiger charge is 2.18. The van der Waals surface area contributed by atoms with E-state index < -0.39 is 5.97 Å². The van der Waals surface area contributed by atoms with Crippen LogP contribution in [-0.2, 0) is 11.2 Å². The number of nitrogens with one attached hydrogen (secondary N) is 1. The van der Waals surface area contributed by atoms with E-state index in [1.807, 2.05) is 49.4 Å². The first-order valence-electron chi connectivity index (χ1n) is 8.30. The molecule has 1 amide bonds. The van der Waals surface area contributed by atoms with E-state index in [1.54, 1.807) is 18.2 Å². The normalized spacial score (nSPS) is 10.4. The van der Waals surface area contributed by atoms with E-state index in [0.717, 1.165) is 22.4 Å². The summed E-state index contributed by atoms with van der Waals surface area (Å²) < 4.78 is 4.80. The average molecular weight is 365 g/mol. The van der Waals surface area contributed by atoms with Gasteiger partial charge in [0.15, 0.2) is 0 Å². The third-order valence-corrected chi connectivity index (χ3v) is 5.21. The summed E-state index contributed by atoms with van der Waals surface area (Å²) in [5.74, 6) is -0.699. The highest BCUT2D eigenvalue weighted by Crippen LogP contribution is 2.30. The molecule has 0 aliphatic carbocycles. The number of hydrogen-bond donors (Lipinski definition) is 1. The van der Waals surface area contributed by atoms with Crippen molar-refractivity contribution in [3.8, 4) is 11.1 Å². The van der Waals surface area contributed by atoms with Crippen molar-refractivity contribution in [3.05, 3.63) is 76.7 Å². The zero-order valence-electron chi connectivity index (χ0n) is 14.6. The summed E-state index contributed by atoms with van der Waals surface area (Å²) in [6.45, 7) is 2.00. The fourth-order valence-electron chi connectivity index (χ4n) is 2.59. The van der Waals surface area contributed by atoms with Crippen LogP contribution in [0.4, 0.5) is 5.00 Å². The molecule has 0 saturated carbocycles. The monoisotopic (exact) mass is 365 g/mol. The first kappa shape index (κ1) is 17.9. The van der Waals surface area contributed by atoms with Gasteiger partial charge in [-0.25, -0.2) is 4.79 Å². The number of ether oxygens (including phenoxy) is 1. The van der Waals surface area contributed by atoms with Crippen LogP contribution in [0.3, 0.4) is 0 Å². The third-order valence-electron chi connectivity index (χ3n) is 4.02. The van der Waals surface area contributed by atoms with Crippen molar-refractivity contribution in [1.82, 2.24) is 0 Å². The SMILES string of the molecule is CCc1cc(C(=O)OC)c(NC(=O)c2ccc(-c3ccccc3)cc2)s1. The summed E-state index contributed by atoms with van der Waals surface area (Å²) in [4.78, 5) is 25.5. The zero-order valence-corrected chi connectivity index (χ0v) is 15.4. The summed E-state index contributed by atoms with van der Waals surface area (Å²) >= 11 is 1.39. The van der Waals surface area contributed by atoms with Gasteiger partial charge in [-0.15, -0.1) is 11.3 Å². The number of anilines is 1. The van der Waals surface area contributed by atoms with Crippen LogP contribution in [0, 0.1) is 0 Å². The molecule has 0 aliphatic heterocycles. The Morgan fingerprint density at radius 2 is 1.65 bits per heavy atom. The van der Waals surface area contributed by atoms with Crippen molar-refractivity contribution in [2.75, 3.05) is 12.4 Å². The molecule has 0 bridgehead atoms. The maximum Gasteiger partial charge on any atom is 0.340 e. The third kappa shape index (κ3) is 3.83. The quantitative estimate of drug-likeness (QED) is 0.646. The number of methoxy groups -OCH3 is 1. The molecular formula is C21H19NO3S. The Balaban J connectivity index is 1.80. The summed E-state index contributed by atoms with van der Waals surface area (Å²) in [5, 5.41) is 3.35.